The number of anilines is 2. The fourth-order valence-corrected chi connectivity index (χ4v) is 4.64. The zero-order valence-electron chi connectivity index (χ0n) is 18.2. The summed E-state index contributed by atoms with van der Waals surface area (Å²) in [6, 6.07) is 7.88. The number of hydrazine groups is 1. The van der Waals surface area contributed by atoms with Crippen LogP contribution in [0.2, 0.25) is 0 Å². The molecule has 2 aromatic rings. The highest BCUT2D eigenvalue weighted by Gasteiger charge is 2.40. The number of nitrogens with zero attached hydrogens (tertiary/aromatic N) is 3. The Balaban J connectivity index is 1.36. The topological polar surface area (TPSA) is 85.5 Å². The van der Waals surface area contributed by atoms with Gasteiger partial charge in [0.1, 0.15) is 23.5 Å². The van der Waals surface area contributed by atoms with Crippen molar-refractivity contribution in [3.05, 3.63) is 48.4 Å². The fourth-order valence-electron chi connectivity index (χ4n) is 4.64. The summed E-state index contributed by atoms with van der Waals surface area (Å²) in [5.41, 5.74) is 6.06. The van der Waals surface area contributed by atoms with E-state index < -0.39 is 0 Å². The zero-order chi connectivity index (χ0) is 21.5. The molecule has 3 fully saturated rings. The van der Waals surface area contributed by atoms with E-state index in [4.69, 9.17) is 15.3 Å². The Morgan fingerprint density at radius 2 is 1.97 bits per heavy atom. The van der Waals surface area contributed by atoms with Crippen LogP contribution in [-0.4, -0.2) is 40.9 Å². The molecule has 3 heterocycles. The van der Waals surface area contributed by atoms with Gasteiger partial charge in [-0.2, -0.15) is 0 Å². The van der Waals surface area contributed by atoms with Crippen LogP contribution in [-0.2, 0) is 4.74 Å². The summed E-state index contributed by atoms with van der Waals surface area (Å²) in [6.45, 7) is 9.24. The second-order valence-corrected chi connectivity index (χ2v) is 9.27. The van der Waals surface area contributed by atoms with Crippen LogP contribution in [0.25, 0.3) is 5.57 Å². The normalized spacial score (nSPS) is 21.2. The van der Waals surface area contributed by atoms with Gasteiger partial charge in [-0.3, -0.25) is 5.84 Å². The molecule has 3 N–H and O–H groups in total. The molecular formula is C24H31N5O2. The molecule has 7 heteroatoms. The lowest BCUT2D eigenvalue weighted by atomic mass is 9.88. The maximum atomic E-state index is 6.14. The third-order valence-electron chi connectivity index (χ3n) is 6.94. The highest BCUT2D eigenvalue weighted by atomic mass is 16.5. The van der Waals surface area contributed by atoms with Crippen LogP contribution in [0.1, 0.15) is 56.7 Å². The first-order valence-corrected chi connectivity index (χ1v) is 11.2. The average molecular weight is 422 g/mol. The lowest BCUT2D eigenvalue weighted by Gasteiger charge is -2.39. The number of nitrogens with two attached hydrogens (primary N) is 1. The quantitative estimate of drug-likeness (QED) is 0.540. The van der Waals surface area contributed by atoms with E-state index in [9.17, 15) is 0 Å². The lowest BCUT2D eigenvalue weighted by molar-refractivity contribution is -0.0147. The minimum absolute atomic E-state index is 0.0486. The summed E-state index contributed by atoms with van der Waals surface area (Å²) in [6.07, 6.45) is 8.23. The molecule has 5 rings (SSSR count). The largest absolute Gasteiger partial charge is 0.488 e. The van der Waals surface area contributed by atoms with Gasteiger partial charge in [0.25, 0.3) is 0 Å². The summed E-state index contributed by atoms with van der Waals surface area (Å²) >= 11 is 0. The second kappa shape index (κ2) is 7.80. The van der Waals surface area contributed by atoms with Crippen molar-refractivity contribution in [1.82, 2.24) is 9.97 Å². The molecule has 0 atom stereocenters. The molecule has 1 aliphatic carbocycles. The van der Waals surface area contributed by atoms with Crippen LogP contribution in [0.3, 0.4) is 0 Å². The molecule has 31 heavy (non-hydrogen) atoms. The maximum absolute atomic E-state index is 6.14. The van der Waals surface area contributed by atoms with Crippen molar-refractivity contribution in [3.63, 3.8) is 0 Å². The Bertz CT molecular complexity index is 972. The van der Waals surface area contributed by atoms with E-state index >= 15 is 0 Å². The summed E-state index contributed by atoms with van der Waals surface area (Å²) < 4.78 is 12.2. The fraction of sp³-hybridized carbons (Fsp3) is 0.500. The molecule has 2 aliphatic heterocycles. The highest BCUT2D eigenvalue weighted by molar-refractivity contribution is 5.84. The third kappa shape index (κ3) is 4.12. The summed E-state index contributed by atoms with van der Waals surface area (Å²) in [4.78, 5) is 11.4. The van der Waals surface area contributed by atoms with Crippen LogP contribution < -0.4 is 20.9 Å². The van der Waals surface area contributed by atoms with Gasteiger partial charge in [0.15, 0.2) is 0 Å². The van der Waals surface area contributed by atoms with Gasteiger partial charge in [-0.15, -0.1) is 0 Å². The predicted molar refractivity (Wildman–Crippen MR) is 122 cm³/mol. The molecular weight excluding hydrogens is 390 g/mol. The number of ether oxygens (including phenoxy) is 2. The molecule has 0 bridgehead atoms. The van der Waals surface area contributed by atoms with E-state index in [1.807, 2.05) is 24.3 Å². The zero-order valence-corrected chi connectivity index (χ0v) is 18.2. The van der Waals surface area contributed by atoms with Gasteiger partial charge >= 0.3 is 0 Å². The molecule has 2 saturated heterocycles. The van der Waals surface area contributed by atoms with Crippen LogP contribution >= 0.6 is 0 Å². The van der Waals surface area contributed by atoms with Gasteiger partial charge in [-0.25, -0.2) is 9.97 Å². The molecule has 1 saturated carbocycles. The van der Waals surface area contributed by atoms with E-state index in [2.05, 4.69) is 33.8 Å². The van der Waals surface area contributed by atoms with Gasteiger partial charge in [0.05, 0.1) is 17.0 Å². The van der Waals surface area contributed by atoms with Crippen molar-refractivity contribution in [3.8, 4) is 5.75 Å². The standard InChI is InChI=1S/C24H31N5O2/c1-17(19-14-18(4-5-20(19)28-25)31-23(2)7-8-23)21-15-22(27-16-26-21)29-11-9-24(10-12-29)6-3-13-30-24/h4-5,14-16,28H,1,3,6-13,25H2,2H3. The van der Waals surface area contributed by atoms with E-state index in [1.165, 1.54) is 12.8 Å². The Hall–Kier alpha value is -2.64. The van der Waals surface area contributed by atoms with Gasteiger partial charge in [-0.1, -0.05) is 6.58 Å². The Morgan fingerprint density at radius 3 is 2.65 bits per heavy atom. The molecule has 7 nitrogen and oxygen atoms in total. The molecule has 0 unspecified atom stereocenters. The molecule has 1 aromatic carbocycles. The van der Waals surface area contributed by atoms with Gasteiger partial charge in [0, 0.05) is 36.9 Å². The van der Waals surface area contributed by atoms with Crippen LogP contribution in [0, 0.1) is 0 Å². The molecule has 1 spiro atoms. The highest BCUT2D eigenvalue weighted by Crippen LogP contribution is 2.41. The van der Waals surface area contributed by atoms with Crippen molar-refractivity contribution in [2.45, 2.75) is 56.7 Å². The van der Waals surface area contributed by atoms with Crippen molar-refractivity contribution < 1.29 is 9.47 Å². The van der Waals surface area contributed by atoms with E-state index in [0.29, 0.717) is 0 Å². The maximum Gasteiger partial charge on any atom is 0.132 e. The SMILES string of the molecule is C=C(c1cc(N2CCC3(CCCO3)CC2)ncn1)c1cc(OC2(C)CC2)ccc1NN. The number of hydrogen-bond donors (Lipinski definition) is 2. The molecule has 1 aromatic heterocycles. The first-order valence-electron chi connectivity index (χ1n) is 11.2. The van der Waals surface area contributed by atoms with Gasteiger partial charge < -0.3 is 19.8 Å². The van der Waals surface area contributed by atoms with Crippen molar-refractivity contribution >= 4 is 17.1 Å². The number of aromatic nitrogens is 2. The molecule has 0 radical (unpaired) electrons. The number of hydrogen-bond acceptors (Lipinski definition) is 7. The first-order chi connectivity index (χ1) is 15.0. The van der Waals surface area contributed by atoms with Crippen molar-refractivity contribution in [2.75, 3.05) is 30.0 Å². The van der Waals surface area contributed by atoms with Crippen LogP contribution in [0.5, 0.6) is 5.75 Å². The minimum atomic E-state index is -0.0486. The monoisotopic (exact) mass is 421 g/mol. The first kappa shape index (κ1) is 20.3. The van der Waals surface area contributed by atoms with E-state index in [0.717, 1.165) is 79.5 Å². The number of benzene rings is 1. The Labute approximate surface area is 183 Å². The number of nitrogens with one attached hydrogen (secondary N) is 1. The van der Waals surface area contributed by atoms with Crippen LogP contribution in [0.4, 0.5) is 11.5 Å². The van der Waals surface area contributed by atoms with Crippen molar-refractivity contribution in [2.24, 2.45) is 5.84 Å². The van der Waals surface area contributed by atoms with E-state index in [1.54, 1.807) is 6.33 Å². The summed E-state index contributed by atoms with van der Waals surface area (Å²) in [5.74, 6) is 7.53. The predicted octanol–water partition coefficient (Wildman–Crippen LogP) is 3.90. The number of piperidine rings is 1. The molecule has 3 aliphatic rings. The minimum Gasteiger partial charge on any atom is -0.488 e. The summed E-state index contributed by atoms with van der Waals surface area (Å²) in [5, 5.41) is 0. The third-order valence-corrected chi connectivity index (χ3v) is 6.94. The van der Waals surface area contributed by atoms with Gasteiger partial charge in [-0.05, 0) is 63.6 Å². The molecule has 164 valence electrons. The van der Waals surface area contributed by atoms with Crippen molar-refractivity contribution in [1.29, 1.82) is 0 Å². The lowest BCUT2D eigenvalue weighted by Crippen LogP contribution is -2.44. The van der Waals surface area contributed by atoms with Gasteiger partial charge in [0.2, 0.25) is 0 Å². The Kier molecular flexibility index (Phi) is 5.10. The average Bonchev–Trinajstić information content (AvgIpc) is 3.35. The van der Waals surface area contributed by atoms with Crippen LogP contribution in [0.15, 0.2) is 37.2 Å². The van der Waals surface area contributed by atoms with E-state index in [-0.39, 0.29) is 11.2 Å². The number of rotatable bonds is 6. The number of nitrogen functional groups attached to an aromatic ring is 1. The molecule has 0 amide bonds. The Morgan fingerprint density at radius 1 is 1.16 bits per heavy atom. The second-order valence-electron chi connectivity index (χ2n) is 9.27. The smallest absolute Gasteiger partial charge is 0.132 e. The summed E-state index contributed by atoms with van der Waals surface area (Å²) in [7, 11) is 0.